The third-order valence-electron chi connectivity index (χ3n) is 5.05. The lowest BCUT2D eigenvalue weighted by Gasteiger charge is -2.35. The summed E-state index contributed by atoms with van der Waals surface area (Å²) in [5.41, 5.74) is 6.31. The second-order valence-electron chi connectivity index (χ2n) is 6.96. The maximum Gasteiger partial charge on any atom is 0.242 e. The summed E-state index contributed by atoms with van der Waals surface area (Å²) in [7, 11) is 1.63. The average molecular weight is 357 g/mol. The van der Waals surface area contributed by atoms with Gasteiger partial charge in [-0.2, -0.15) is 4.98 Å². The van der Waals surface area contributed by atoms with E-state index < -0.39 is 5.54 Å². The summed E-state index contributed by atoms with van der Waals surface area (Å²) in [5.74, 6) is 2.02. The van der Waals surface area contributed by atoms with Crippen LogP contribution in [-0.2, 0) is 11.3 Å². The predicted molar refractivity (Wildman–Crippen MR) is 94.3 cm³/mol. The number of aromatic nitrogens is 2. The number of carbonyl (C=O) groups is 1. The zero-order chi connectivity index (χ0) is 18.1. The first-order chi connectivity index (χ1) is 12.6. The van der Waals surface area contributed by atoms with Crippen molar-refractivity contribution in [3.8, 4) is 17.1 Å². The minimum Gasteiger partial charge on any atom is -0.497 e. The summed E-state index contributed by atoms with van der Waals surface area (Å²) < 4.78 is 10.5. The molecule has 8 nitrogen and oxygen atoms in total. The fourth-order valence-corrected chi connectivity index (χ4v) is 3.14. The number of benzene rings is 1. The van der Waals surface area contributed by atoms with Gasteiger partial charge in [0.05, 0.1) is 19.2 Å². The van der Waals surface area contributed by atoms with Gasteiger partial charge in [0.15, 0.2) is 0 Å². The van der Waals surface area contributed by atoms with E-state index in [1.807, 2.05) is 29.2 Å². The van der Waals surface area contributed by atoms with Crippen LogP contribution in [-0.4, -0.2) is 64.7 Å². The first-order valence-corrected chi connectivity index (χ1v) is 8.85. The van der Waals surface area contributed by atoms with Gasteiger partial charge in [0.2, 0.25) is 17.6 Å². The number of carbonyl (C=O) groups excluding carboxylic acids is 1. The number of nitrogens with two attached hydrogens (primary N) is 1. The van der Waals surface area contributed by atoms with Crippen molar-refractivity contribution >= 4 is 5.91 Å². The van der Waals surface area contributed by atoms with Crippen LogP contribution in [0.5, 0.6) is 5.75 Å². The molecule has 1 saturated carbocycles. The molecule has 1 aliphatic carbocycles. The molecule has 2 aliphatic rings. The molecule has 1 aliphatic heterocycles. The van der Waals surface area contributed by atoms with Gasteiger partial charge in [-0.15, -0.1) is 0 Å². The number of hydrogen-bond donors (Lipinski definition) is 1. The number of rotatable bonds is 5. The average Bonchev–Trinajstić information content (AvgIpc) is 3.26. The fourth-order valence-electron chi connectivity index (χ4n) is 3.14. The number of hydrogen-bond acceptors (Lipinski definition) is 7. The van der Waals surface area contributed by atoms with Crippen LogP contribution in [0.25, 0.3) is 11.4 Å². The molecule has 1 aromatic carbocycles. The van der Waals surface area contributed by atoms with Crippen LogP contribution in [0.15, 0.2) is 28.8 Å². The van der Waals surface area contributed by atoms with Gasteiger partial charge < -0.3 is 19.9 Å². The molecule has 1 amide bonds. The Morgan fingerprint density at radius 3 is 2.54 bits per heavy atom. The Hall–Kier alpha value is -2.45. The molecule has 0 bridgehead atoms. The Morgan fingerprint density at radius 1 is 1.23 bits per heavy atom. The highest BCUT2D eigenvalue weighted by molar-refractivity contribution is 5.89. The molecule has 1 saturated heterocycles. The van der Waals surface area contributed by atoms with E-state index in [1.54, 1.807) is 7.11 Å². The van der Waals surface area contributed by atoms with E-state index in [2.05, 4.69) is 15.0 Å². The van der Waals surface area contributed by atoms with E-state index in [4.69, 9.17) is 15.0 Å². The van der Waals surface area contributed by atoms with Crippen molar-refractivity contribution in [2.24, 2.45) is 5.73 Å². The number of amides is 1. The van der Waals surface area contributed by atoms with E-state index in [-0.39, 0.29) is 5.91 Å². The first-order valence-electron chi connectivity index (χ1n) is 8.85. The molecule has 2 aromatic rings. The quantitative estimate of drug-likeness (QED) is 0.848. The first kappa shape index (κ1) is 17.0. The SMILES string of the molecule is COc1ccc(-c2noc(CN3CCN(C(=O)C4(N)CC4)CC3)n2)cc1. The van der Waals surface area contributed by atoms with Gasteiger partial charge in [0, 0.05) is 31.7 Å². The number of methoxy groups -OCH3 is 1. The van der Waals surface area contributed by atoms with Gasteiger partial charge in [-0.1, -0.05) is 5.16 Å². The Morgan fingerprint density at radius 2 is 1.92 bits per heavy atom. The topological polar surface area (TPSA) is 97.7 Å². The van der Waals surface area contributed by atoms with E-state index in [0.29, 0.717) is 31.3 Å². The van der Waals surface area contributed by atoms with Gasteiger partial charge in [0.25, 0.3) is 0 Å². The Balaban J connectivity index is 1.32. The standard InChI is InChI=1S/C18H23N5O3/c1-25-14-4-2-13(3-5-14)16-20-15(26-21-16)12-22-8-10-23(11-9-22)17(24)18(19)6-7-18/h2-5H,6-12,19H2,1H3. The maximum absolute atomic E-state index is 12.3. The third kappa shape index (κ3) is 3.42. The normalized spacial score (nSPS) is 19.4. The summed E-state index contributed by atoms with van der Waals surface area (Å²) in [6, 6.07) is 7.54. The molecule has 4 rings (SSSR count). The summed E-state index contributed by atoms with van der Waals surface area (Å²) in [4.78, 5) is 20.8. The second-order valence-corrected chi connectivity index (χ2v) is 6.96. The van der Waals surface area contributed by atoms with Crippen LogP contribution in [0.2, 0.25) is 0 Å². The van der Waals surface area contributed by atoms with Crippen LogP contribution in [0.3, 0.4) is 0 Å². The van der Waals surface area contributed by atoms with Crippen LogP contribution < -0.4 is 10.5 Å². The van der Waals surface area contributed by atoms with Gasteiger partial charge in [-0.25, -0.2) is 0 Å². The summed E-state index contributed by atoms with van der Waals surface area (Å²) in [5, 5.41) is 4.06. The molecule has 0 atom stereocenters. The highest BCUT2D eigenvalue weighted by Gasteiger charge is 2.48. The maximum atomic E-state index is 12.3. The molecule has 8 heteroatoms. The summed E-state index contributed by atoms with van der Waals surface area (Å²) in [6.45, 7) is 3.53. The van der Waals surface area contributed by atoms with Gasteiger partial charge >= 0.3 is 0 Å². The van der Waals surface area contributed by atoms with Crippen molar-refractivity contribution in [1.29, 1.82) is 0 Å². The Bertz CT molecular complexity index is 776. The summed E-state index contributed by atoms with van der Waals surface area (Å²) >= 11 is 0. The number of nitrogens with zero attached hydrogens (tertiary/aromatic N) is 4. The van der Waals surface area contributed by atoms with E-state index >= 15 is 0 Å². The minimum absolute atomic E-state index is 0.0942. The van der Waals surface area contributed by atoms with Crippen LogP contribution in [0.4, 0.5) is 0 Å². The van der Waals surface area contributed by atoms with E-state index in [9.17, 15) is 4.79 Å². The number of ether oxygens (including phenoxy) is 1. The second kappa shape index (κ2) is 6.69. The fraction of sp³-hybridized carbons (Fsp3) is 0.500. The van der Waals surface area contributed by atoms with Crippen molar-refractivity contribution in [3.63, 3.8) is 0 Å². The Kier molecular flexibility index (Phi) is 4.37. The minimum atomic E-state index is -0.581. The van der Waals surface area contributed by atoms with Crippen LogP contribution >= 0.6 is 0 Å². The molecule has 2 heterocycles. The molecular formula is C18H23N5O3. The van der Waals surface area contributed by atoms with Crippen molar-refractivity contribution < 1.29 is 14.1 Å². The number of piperazine rings is 1. The van der Waals surface area contributed by atoms with Crippen LogP contribution in [0.1, 0.15) is 18.7 Å². The molecule has 138 valence electrons. The summed E-state index contributed by atoms with van der Waals surface area (Å²) in [6.07, 6.45) is 1.62. The monoisotopic (exact) mass is 357 g/mol. The zero-order valence-corrected chi connectivity index (χ0v) is 14.9. The molecule has 0 radical (unpaired) electrons. The van der Waals surface area contributed by atoms with Crippen molar-refractivity contribution in [2.75, 3.05) is 33.3 Å². The van der Waals surface area contributed by atoms with Crippen molar-refractivity contribution in [2.45, 2.75) is 24.9 Å². The van der Waals surface area contributed by atoms with Crippen LogP contribution in [0, 0.1) is 0 Å². The lowest BCUT2D eigenvalue weighted by atomic mass is 10.2. The van der Waals surface area contributed by atoms with Crippen molar-refractivity contribution in [3.05, 3.63) is 30.2 Å². The van der Waals surface area contributed by atoms with Gasteiger partial charge in [0.1, 0.15) is 5.75 Å². The van der Waals surface area contributed by atoms with E-state index in [0.717, 1.165) is 37.2 Å². The van der Waals surface area contributed by atoms with E-state index in [1.165, 1.54) is 0 Å². The molecule has 2 fully saturated rings. The van der Waals surface area contributed by atoms with Crippen molar-refractivity contribution in [1.82, 2.24) is 19.9 Å². The highest BCUT2D eigenvalue weighted by atomic mass is 16.5. The molecule has 0 unspecified atom stereocenters. The smallest absolute Gasteiger partial charge is 0.242 e. The molecule has 1 aromatic heterocycles. The largest absolute Gasteiger partial charge is 0.497 e. The lowest BCUT2D eigenvalue weighted by molar-refractivity contribution is -0.135. The molecular weight excluding hydrogens is 334 g/mol. The predicted octanol–water partition coefficient (Wildman–Crippen LogP) is 0.881. The van der Waals surface area contributed by atoms with Gasteiger partial charge in [-0.05, 0) is 37.1 Å². The Labute approximate surface area is 151 Å². The zero-order valence-electron chi connectivity index (χ0n) is 14.9. The molecule has 26 heavy (non-hydrogen) atoms. The lowest BCUT2D eigenvalue weighted by Crippen LogP contribution is -2.53. The molecule has 0 spiro atoms. The third-order valence-corrected chi connectivity index (χ3v) is 5.05. The van der Waals surface area contributed by atoms with Gasteiger partial charge in [-0.3, -0.25) is 9.69 Å². The molecule has 2 N–H and O–H groups in total. The highest BCUT2D eigenvalue weighted by Crippen LogP contribution is 2.34.